The highest BCUT2D eigenvalue weighted by molar-refractivity contribution is 5.93. The summed E-state index contributed by atoms with van der Waals surface area (Å²) < 4.78 is 10.7. The number of hydrogen-bond acceptors (Lipinski definition) is 3. The van der Waals surface area contributed by atoms with E-state index in [1.165, 1.54) is 6.07 Å². The van der Waals surface area contributed by atoms with Gasteiger partial charge in [0.2, 0.25) is 0 Å². The number of fused-ring (bicyclic) bond motifs is 2. The highest BCUT2D eigenvalue weighted by Crippen LogP contribution is 2.25. The number of hydrogen-bond donors (Lipinski definition) is 0. The molecule has 0 radical (unpaired) electrons. The van der Waals surface area contributed by atoms with Crippen LogP contribution in [0.1, 0.15) is 12.7 Å². The van der Waals surface area contributed by atoms with Gasteiger partial charge in [-0.3, -0.25) is 0 Å². The lowest BCUT2D eigenvalue weighted by Gasteiger charge is -1.94. The zero-order valence-corrected chi connectivity index (χ0v) is 8.82. The van der Waals surface area contributed by atoms with Crippen molar-refractivity contribution in [1.29, 1.82) is 0 Å². The zero-order valence-electron chi connectivity index (χ0n) is 8.82. The minimum absolute atomic E-state index is 0.339. The molecule has 3 rings (SSSR count). The van der Waals surface area contributed by atoms with Crippen LogP contribution in [0.5, 0.6) is 0 Å². The molecule has 1 aromatic carbocycles. The molecule has 2 heterocycles. The lowest BCUT2D eigenvalue weighted by Crippen LogP contribution is -1.93. The molecule has 0 unspecified atom stereocenters. The van der Waals surface area contributed by atoms with Crippen molar-refractivity contribution in [2.24, 2.45) is 0 Å². The van der Waals surface area contributed by atoms with Crippen LogP contribution in [0.3, 0.4) is 0 Å². The van der Waals surface area contributed by atoms with E-state index in [0.29, 0.717) is 5.58 Å². The molecular weight excluding hydrogens is 204 g/mol. The summed E-state index contributed by atoms with van der Waals surface area (Å²) in [6.45, 7) is 2.04. The third-order valence-electron chi connectivity index (χ3n) is 2.66. The molecule has 0 saturated heterocycles. The minimum atomic E-state index is -0.339. The van der Waals surface area contributed by atoms with Crippen LogP contribution in [-0.4, -0.2) is 0 Å². The topological polar surface area (TPSA) is 43.4 Å². The Hall–Kier alpha value is -2.03. The predicted molar refractivity (Wildman–Crippen MR) is 61.6 cm³/mol. The summed E-state index contributed by atoms with van der Waals surface area (Å²) in [5.74, 6) is 0.938. The van der Waals surface area contributed by atoms with Gasteiger partial charge in [-0.2, -0.15) is 0 Å². The Morgan fingerprint density at radius 3 is 2.62 bits per heavy atom. The number of benzene rings is 1. The molecule has 0 fully saturated rings. The zero-order chi connectivity index (χ0) is 11.1. The number of furan rings is 1. The van der Waals surface area contributed by atoms with Crippen LogP contribution in [0.15, 0.2) is 44.0 Å². The molecule has 0 amide bonds. The minimum Gasteiger partial charge on any atom is -0.461 e. The van der Waals surface area contributed by atoms with E-state index in [0.717, 1.165) is 28.5 Å². The first-order chi connectivity index (χ1) is 7.76. The quantitative estimate of drug-likeness (QED) is 0.584. The molecule has 3 aromatic rings. The molecule has 0 spiro atoms. The Morgan fingerprint density at radius 1 is 1.00 bits per heavy atom. The summed E-state index contributed by atoms with van der Waals surface area (Å²) in [6, 6.07) is 8.94. The lowest BCUT2D eigenvalue weighted by molar-refractivity contribution is 0.548. The van der Waals surface area contributed by atoms with Gasteiger partial charge >= 0.3 is 5.63 Å². The molecule has 2 aromatic heterocycles. The van der Waals surface area contributed by atoms with Crippen molar-refractivity contribution in [2.75, 3.05) is 0 Å². The largest absolute Gasteiger partial charge is 0.461 e. The molecule has 0 aliphatic heterocycles. The average molecular weight is 214 g/mol. The van der Waals surface area contributed by atoms with Crippen LogP contribution < -0.4 is 5.63 Å². The van der Waals surface area contributed by atoms with Crippen molar-refractivity contribution < 1.29 is 8.83 Å². The molecule has 16 heavy (non-hydrogen) atoms. The van der Waals surface area contributed by atoms with E-state index in [2.05, 4.69) is 0 Å². The fraction of sp³-hybridized carbons (Fsp3) is 0.154. The maximum atomic E-state index is 11.1. The Kier molecular flexibility index (Phi) is 1.86. The van der Waals surface area contributed by atoms with Gasteiger partial charge in [0.25, 0.3) is 0 Å². The van der Waals surface area contributed by atoms with Crippen LogP contribution in [-0.2, 0) is 6.42 Å². The molecule has 0 N–H and O–H groups in total. The highest BCUT2D eigenvalue weighted by atomic mass is 16.4. The van der Waals surface area contributed by atoms with Gasteiger partial charge < -0.3 is 8.83 Å². The molecule has 0 aliphatic carbocycles. The van der Waals surface area contributed by atoms with Gasteiger partial charge in [0.05, 0.1) is 0 Å². The van der Waals surface area contributed by atoms with Crippen LogP contribution in [0.2, 0.25) is 0 Å². The standard InChI is InChI=1S/C13H10O3/c1-2-10-6-9-5-8-3-4-13(14)16-11(8)7-12(9)15-10/h3-7H,2H2,1H3. The predicted octanol–water partition coefficient (Wildman–Crippen LogP) is 3.10. The first-order valence-corrected chi connectivity index (χ1v) is 5.22. The maximum Gasteiger partial charge on any atom is 0.336 e. The van der Waals surface area contributed by atoms with Crippen LogP contribution >= 0.6 is 0 Å². The van der Waals surface area contributed by atoms with E-state index in [9.17, 15) is 4.79 Å². The fourth-order valence-corrected chi connectivity index (χ4v) is 1.83. The summed E-state index contributed by atoms with van der Waals surface area (Å²) in [5, 5.41) is 1.95. The van der Waals surface area contributed by atoms with E-state index in [1.807, 2.05) is 19.1 Å². The number of aryl methyl sites for hydroxylation is 1. The normalized spacial score (nSPS) is 11.3. The van der Waals surface area contributed by atoms with E-state index in [-0.39, 0.29) is 5.63 Å². The van der Waals surface area contributed by atoms with Crippen molar-refractivity contribution >= 4 is 21.9 Å². The molecular formula is C13H10O3. The second-order valence-corrected chi connectivity index (χ2v) is 3.75. The maximum absolute atomic E-state index is 11.1. The fourth-order valence-electron chi connectivity index (χ4n) is 1.83. The summed E-state index contributed by atoms with van der Waals surface area (Å²) in [6.07, 6.45) is 0.856. The summed E-state index contributed by atoms with van der Waals surface area (Å²) >= 11 is 0. The molecule has 0 aliphatic rings. The van der Waals surface area contributed by atoms with Crippen LogP contribution in [0.25, 0.3) is 21.9 Å². The van der Waals surface area contributed by atoms with Gasteiger partial charge in [-0.1, -0.05) is 6.92 Å². The smallest absolute Gasteiger partial charge is 0.336 e. The molecule has 3 nitrogen and oxygen atoms in total. The van der Waals surface area contributed by atoms with Crippen molar-refractivity contribution in [2.45, 2.75) is 13.3 Å². The second kappa shape index (κ2) is 3.23. The molecule has 80 valence electrons. The number of rotatable bonds is 1. The van der Waals surface area contributed by atoms with E-state index >= 15 is 0 Å². The van der Waals surface area contributed by atoms with Gasteiger partial charge in [-0.15, -0.1) is 0 Å². The Morgan fingerprint density at radius 2 is 1.81 bits per heavy atom. The van der Waals surface area contributed by atoms with Gasteiger partial charge in [0, 0.05) is 29.3 Å². The van der Waals surface area contributed by atoms with Crippen molar-refractivity contribution in [3.05, 3.63) is 46.5 Å². The third-order valence-corrected chi connectivity index (χ3v) is 2.66. The monoisotopic (exact) mass is 214 g/mol. The molecule has 0 atom stereocenters. The summed E-state index contributed by atoms with van der Waals surface area (Å²) in [5.41, 5.74) is 0.991. The van der Waals surface area contributed by atoms with Crippen LogP contribution in [0.4, 0.5) is 0 Å². The van der Waals surface area contributed by atoms with Gasteiger partial charge in [-0.25, -0.2) is 4.79 Å². The van der Waals surface area contributed by atoms with Crippen molar-refractivity contribution in [3.63, 3.8) is 0 Å². The third kappa shape index (κ3) is 1.33. The Bertz CT molecular complexity index is 719. The summed E-state index contributed by atoms with van der Waals surface area (Å²) in [4.78, 5) is 11.1. The van der Waals surface area contributed by atoms with Gasteiger partial charge in [0.1, 0.15) is 16.9 Å². The van der Waals surface area contributed by atoms with Crippen molar-refractivity contribution in [3.8, 4) is 0 Å². The van der Waals surface area contributed by atoms with Gasteiger partial charge in [0.15, 0.2) is 0 Å². The van der Waals surface area contributed by atoms with Crippen molar-refractivity contribution in [1.82, 2.24) is 0 Å². The first kappa shape index (κ1) is 9.21. The van der Waals surface area contributed by atoms with Gasteiger partial charge in [-0.05, 0) is 18.2 Å². The Labute approximate surface area is 91.3 Å². The van der Waals surface area contributed by atoms with E-state index in [1.54, 1.807) is 12.1 Å². The summed E-state index contributed by atoms with van der Waals surface area (Å²) in [7, 11) is 0. The SMILES string of the molecule is CCc1cc2cc3ccc(=O)oc3cc2o1. The van der Waals surface area contributed by atoms with E-state index < -0.39 is 0 Å². The van der Waals surface area contributed by atoms with Crippen LogP contribution in [0, 0.1) is 0 Å². The Balaban J connectivity index is 2.41. The average Bonchev–Trinajstić information content (AvgIpc) is 2.67. The lowest BCUT2D eigenvalue weighted by atomic mass is 10.2. The first-order valence-electron chi connectivity index (χ1n) is 5.22. The molecule has 0 bridgehead atoms. The highest BCUT2D eigenvalue weighted by Gasteiger charge is 2.05. The molecule has 3 heteroatoms. The van der Waals surface area contributed by atoms with E-state index in [4.69, 9.17) is 8.83 Å². The second-order valence-electron chi connectivity index (χ2n) is 3.75. The molecule has 0 saturated carbocycles.